The number of benzene rings is 4. The van der Waals surface area contributed by atoms with Gasteiger partial charge >= 0.3 is 230 Å². The number of hydrogen-bond donors (Lipinski definition) is 0. The Morgan fingerprint density at radius 3 is 1.76 bits per heavy atom. The first-order chi connectivity index (χ1) is 17.7. The molecule has 0 saturated carbocycles. The van der Waals surface area contributed by atoms with Crippen LogP contribution in [0, 0.1) is 10.4 Å². The van der Waals surface area contributed by atoms with E-state index in [1.165, 1.54) is 93.4 Å². The molecule has 0 radical (unpaired) electrons. The number of hydrogen-bond acceptors (Lipinski definition) is 0. The van der Waals surface area contributed by atoms with Gasteiger partial charge in [0.15, 0.2) is 0 Å². The third-order valence-corrected chi connectivity index (χ3v) is 8.88. The van der Waals surface area contributed by atoms with Crippen LogP contribution in [-0.4, -0.2) is 0 Å². The summed E-state index contributed by atoms with van der Waals surface area (Å²) in [5, 5.41) is 5.77. The van der Waals surface area contributed by atoms with Gasteiger partial charge in [-0.15, -0.1) is 0 Å². The molecule has 187 valence electrons. The van der Waals surface area contributed by atoms with E-state index in [2.05, 4.69) is 117 Å². The molecule has 0 heterocycles. The van der Waals surface area contributed by atoms with Crippen LogP contribution < -0.4 is 35.3 Å². The summed E-state index contributed by atoms with van der Waals surface area (Å²) in [7, 11) is 0. The average molecular weight is 612 g/mol. The predicted octanol–water partition coefficient (Wildman–Crippen LogP) is 0.714. The summed E-state index contributed by atoms with van der Waals surface area (Å²) in [4.78, 5) is 0. The van der Waals surface area contributed by atoms with E-state index < -0.39 is 0 Å². The Kier molecular flexibility index (Phi) is 9.15. The number of allylic oxidation sites excluding steroid dienone is 4. The standard InChI is InChI=1S/C35H29.2ClH.Zr/c1-3-28-29(4-2)35(32(24-15-7-5-8-16-24)25-17-9-6-10-18-25)33(26-19-11-12-20-26)31-23-27-21-13-14-22-30(27)34(28)31;;;/h5-19,21-22H,3-4,20H2,1-2H3;2*1H;/q;;;+2/p-2. The van der Waals surface area contributed by atoms with Crippen molar-refractivity contribution in [3.63, 3.8) is 0 Å². The average Bonchev–Trinajstić information content (AvgIpc) is 3.57. The fourth-order valence-electron chi connectivity index (χ4n) is 6.13. The Labute approximate surface area is 252 Å². The molecular formula is C35H29Cl2Zr. The molecule has 3 heteroatoms. The van der Waals surface area contributed by atoms with Crippen LogP contribution in [0.4, 0.5) is 0 Å². The monoisotopic (exact) mass is 609 g/mol. The molecule has 6 rings (SSSR count). The van der Waals surface area contributed by atoms with Gasteiger partial charge in [-0.2, -0.15) is 0 Å². The molecule has 0 aliphatic heterocycles. The summed E-state index contributed by atoms with van der Waals surface area (Å²) < 4.78 is 1.50. The van der Waals surface area contributed by atoms with Crippen molar-refractivity contribution in [3.05, 3.63) is 157 Å². The quantitative estimate of drug-likeness (QED) is 0.312. The fourth-order valence-corrected chi connectivity index (χ4v) is 7.28. The van der Waals surface area contributed by atoms with E-state index >= 15 is 0 Å². The summed E-state index contributed by atoms with van der Waals surface area (Å²) in [6.45, 7) is 4.68. The second-order valence-corrected chi connectivity index (χ2v) is 10.7. The maximum atomic E-state index is 2.35. The van der Waals surface area contributed by atoms with Gasteiger partial charge < -0.3 is 24.8 Å². The summed E-state index contributed by atoms with van der Waals surface area (Å²) in [5.74, 6) is 0. The summed E-state index contributed by atoms with van der Waals surface area (Å²) >= 11 is 1.48. The van der Waals surface area contributed by atoms with Crippen molar-refractivity contribution in [2.24, 2.45) is 0 Å². The van der Waals surface area contributed by atoms with E-state index in [0.717, 1.165) is 19.3 Å². The maximum absolute atomic E-state index is 2.35. The second kappa shape index (κ2) is 12.2. The Hall–Kier alpha value is -2.44. The first kappa shape index (κ1) is 28.6. The summed E-state index contributed by atoms with van der Waals surface area (Å²) in [6.07, 6.45) is 9.93. The topological polar surface area (TPSA) is 0 Å². The van der Waals surface area contributed by atoms with Gasteiger partial charge in [0.2, 0.25) is 0 Å². The van der Waals surface area contributed by atoms with Gasteiger partial charge in [0.25, 0.3) is 0 Å². The van der Waals surface area contributed by atoms with Crippen molar-refractivity contribution in [3.8, 4) is 0 Å². The molecule has 0 aromatic heterocycles. The molecule has 0 nitrogen and oxygen atoms in total. The van der Waals surface area contributed by atoms with Crippen LogP contribution in [0.15, 0.2) is 103 Å². The molecule has 0 fully saturated rings. The van der Waals surface area contributed by atoms with Gasteiger partial charge in [-0.3, -0.25) is 0 Å². The number of fused-ring (bicyclic) bond motifs is 2. The zero-order valence-corrected chi connectivity index (χ0v) is 25.7. The smallest absolute Gasteiger partial charge is 1.00 e. The SMILES string of the molecule is CCc1c(CC)c2c(c(C3=CC=CC3)c1=C(c1ccccc1)c1ccccc1)[C]([Zr+2])=c1ccccc1=2.[Cl-].[Cl-]. The molecule has 0 bridgehead atoms. The molecule has 0 unspecified atom stereocenters. The van der Waals surface area contributed by atoms with E-state index in [0.29, 0.717) is 0 Å². The van der Waals surface area contributed by atoms with Crippen molar-refractivity contribution < 1.29 is 49.5 Å². The van der Waals surface area contributed by atoms with E-state index in [9.17, 15) is 0 Å². The van der Waals surface area contributed by atoms with Crippen molar-refractivity contribution in [2.75, 3.05) is 0 Å². The van der Waals surface area contributed by atoms with Gasteiger partial charge in [0.05, 0.1) is 0 Å². The van der Waals surface area contributed by atoms with Crippen molar-refractivity contribution in [2.45, 2.75) is 33.1 Å². The molecule has 0 saturated heterocycles. The third kappa shape index (κ3) is 4.64. The molecule has 0 atom stereocenters. The Morgan fingerprint density at radius 2 is 1.24 bits per heavy atom. The van der Waals surface area contributed by atoms with Gasteiger partial charge in [0, 0.05) is 0 Å². The van der Waals surface area contributed by atoms with Crippen LogP contribution in [0.5, 0.6) is 0 Å². The van der Waals surface area contributed by atoms with Crippen LogP contribution in [0.25, 0.3) is 14.4 Å². The van der Waals surface area contributed by atoms with Crippen LogP contribution >= 0.6 is 0 Å². The largest absolute Gasteiger partial charge is 1.00 e. The van der Waals surface area contributed by atoms with Crippen molar-refractivity contribution >= 4 is 14.4 Å². The maximum Gasteiger partial charge on any atom is -1.00 e. The van der Waals surface area contributed by atoms with E-state index in [4.69, 9.17) is 0 Å². The second-order valence-electron chi connectivity index (χ2n) is 9.52. The molecule has 0 spiro atoms. The number of halogens is 2. The van der Waals surface area contributed by atoms with Gasteiger partial charge in [-0.05, 0) is 0 Å². The Bertz CT molecular complexity index is 1720. The van der Waals surface area contributed by atoms with Gasteiger partial charge in [-0.1, -0.05) is 0 Å². The van der Waals surface area contributed by atoms with Gasteiger partial charge in [0.1, 0.15) is 0 Å². The predicted molar refractivity (Wildman–Crippen MR) is 147 cm³/mol. The molecule has 0 amide bonds. The molecule has 0 N–H and O–H groups in total. The third-order valence-electron chi connectivity index (χ3n) is 7.61. The summed E-state index contributed by atoms with van der Waals surface area (Å²) in [6, 6.07) is 31.1. The Morgan fingerprint density at radius 1 is 0.684 bits per heavy atom. The minimum atomic E-state index is 0. The molecular weight excluding hydrogens is 583 g/mol. The molecule has 2 aliphatic carbocycles. The molecule has 2 aliphatic rings. The van der Waals surface area contributed by atoms with Crippen molar-refractivity contribution in [1.29, 1.82) is 0 Å². The van der Waals surface area contributed by atoms with Crippen LogP contribution in [0.2, 0.25) is 0 Å². The van der Waals surface area contributed by atoms with E-state index in [-0.39, 0.29) is 24.8 Å². The fraction of sp³-hybridized carbons (Fsp3) is 0.143. The van der Waals surface area contributed by atoms with Gasteiger partial charge in [-0.25, -0.2) is 0 Å². The number of rotatable bonds is 5. The van der Waals surface area contributed by atoms with E-state index in [1.54, 1.807) is 0 Å². The zero-order chi connectivity index (χ0) is 24.6. The van der Waals surface area contributed by atoms with Crippen LogP contribution in [0.1, 0.15) is 53.6 Å². The van der Waals surface area contributed by atoms with Crippen LogP contribution in [0.3, 0.4) is 0 Å². The van der Waals surface area contributed by atoms with Crippen LogP contribution in [-0.2, 0) is 37.6 Å². The zero-order valence-electron chi connectivity index (χ0n) is 21.7. The minimum Gasteiger partial charge on any atom is -1.00 e. The molecule has 4 aromatic rings. The normalized spacial score (nSPS) is 12.8. The summed E-state index contributed by atoms with van der Waals surface area (Å²) in [5.41, 5.74) is 11.3. The minimum absolute atomic E-state index is 0. The van der Waals surface area contributed by atoms with Crippen molar-refractivity contribution in [1.82, 2.24) is 0 Å². The first-order valence-electron chi connectivity index (χ1n) is 13.0. The first-order valence-corrected chi connectivity index (χ1v) is 14.2. The molecule has 38 heavy (non-hydrogen) atoms. The Balaban J connectivity index is 0.00000168. The molecule has 4 aromatic carbocycles. The van der Waals surface area contributed by atoms with E-state index in [1.807, 2.05) is 0 Å².